The van der Waals surface area contributed by atoms with E-state index in [4.69, 9.17) is 4.74 Å². The monoisotopic (exact) mass is 470 g/mol. The third kappa shape index (κ3) is 4.62. The van der Waals surface area contributed by atoms with Gasteiger partial charge >= 0.3 is 12.1 Å². The van der Waals surface area contributed by atoms with Crippen molar-refractivity contribution in [3.05, 3.63) is 89.0 Å². The zero-order valence-electron chi connectivity index (χ0n) is 19.3. The Kier molecular flexibility index (Phi) is 5.99. The number of benzene rings is 3. The highest BCUT2D eigenvalue weighted by atomic mass is 16.5. The van der Waals surface area contributed by atoms with Gasteiger partial charge in [0.25, 0.3) is 5.91 Å². The Morgan fingerprint density at radius 3 is 2.20 bits per heavy atom. The van der Waals surface area contributed by atoms with Crippen LogP contribution in [-0.4, -0.2) is 35.7 Å². The number of aliphatic carboxylic acids is 1. The molecule has 178 valence electrons. The molecule has 2 aliphatic rings. The number of carboxylic acids is 1. The van der Waals surface area contributed by atoms with Crippen molar-refractivity contribution in [2.45, 2.75) is 31.7 Å². The molecule has 0 spiro atoms. The van der Waals surface area contributed by atoms with Crippen LogP contribution in [-0.2, 0) is 9.53 Å². The Hall–Kier alpha value is -4.13. The van der Waals surface area contributed by atoms with Crippen LogP contribution in [0.4, 0.5) is 10.5 Å². The summed E-state index contributed by atoms with van der Waals surface area (Å²) in [5.74, 6) is -1.60. The summed E-state index contributed by atoms with van der Waals surface area (Å²) in [5.41, 5.74) is 6.02. The maximum atomic E-state index is 12.7. The lowest BCUT2D eigenvalue weighted by atomic mass is 9.98. The summed E-state index contributed by atoms with van der Waals surface area (Å²) in [6.45, 7) is 1.99. The van der Waals surface area contributed by atoms with E-state index in [2.05, 4.69) is 34.9 Å². The number of carboxylic acid groups (broad SMARTS) is 1. The predicted molar refractivity (Wildman–Crippen MR) is 131 cm³/mol. The first kappa shape index (κ1) is 22.7. The lowest BCUT2D eigenvalue weighted by Gasteiger charge is -2.16. The fourth-order valence-electron chi connectivity index (χ4n) is 4.68. The van der Waals surface area contributed by atoms with Crippen LogP contribution in [0, 0.1) is 12.8 Å². The van der Waals surface area contributed by atoms with Gasteiger partial charge in [-0.05, 0) is 65.6 Å². The Balaban J connectivity index is 1.26. The summed E-state index contributed by atoms with van der Waals surface area (Å²) in [6.07, 6.45) is 0.966. The molecule has 7 nitrogen and oxygen atoms in total. The fourth-order valence-corrected chi connectivity index (χ4v) is 4.68. The summed E-state index contributed by atoms with van der Waals surface area (Å²) in [5, 5.41) is 14.7. The number of hydrogen-bond donors (Lipinski definition) is 3. The van der Waals surface area contributed by atoms with Crippen LogP contribution in [0.5, 0.6) is 0 Å². The molecule has 0 saturated heterocycles. The highest BCUT2D eigenvalue weighted by Gasteiger charge is 2.37. The summed E-state index contributed by atoms with van der Waals surface area (Å²) in [6, 6.07) is 20.2. The average molecular weight is 471 g/mol. The number of fused-ring (bicyclic) bond motifs is 3. The second-order valence-corrected chi connectivity index (χ2v) is 9.11. The molecular formula is C28H26N2O5. The van der Waals surface area contributed by atoms with Crippen LogP contribution in [0.25, 0.3) is 11.1 Å². The van der Waals surface area contributed by atoms with Crippen LogP contribution in [0.1, 0.15) is 45.8 Å². The van der Waals surface area contributed by atoms with Crippen LogP contribution in [0.15, 0.2) is 66.7 Å². The SMILES string of the molecule is Cc1ccc(C(=O)NC(C(=O)O)C2CC2)cc1NC(=O)OCC1c2ccccc2-c2ccccc21. The van der Waals surface area contributed by atoms with E-state index in [1.54, 1.807) is 12.1 Å². The highest BCUT2D eigenvalue weighted by molar-refractivity contribution is 5.98. The molecule has 1 saturated carbocycles. The first-order chi connectivity index (χ1) is 16.9. The van der Waals surface area contributed by atoms with Crippen LogP contribution in [0.2, 0.25) is 0 Å². The Morgan fingerprint density at radius 2 is 1.60 bits per heavy atom. The van der Waals surface area contributed by atoms with Gasteiger partial charge in [-0.3, -0.25) is 10.1 Å². The lowest BCUT2D eigenvalue weighted by molar-refractivity contribution is -0.139. The van der Waals surface area contributed by atoms with E-state index in [-0.39, 0.29) is 24.0 Å². The van der Waals surface area contributed by atoms with Gasteiger partial charge in [0.05, 0.1) is 0 Å². The lowest BCUT2D eigenvalue weighted by Crippen LogP contribution is -2.42. The molecule has 2 aliphatic carbocycles. The molecule has 1 fully saturated rings. The number of aryl methyl sites for hydroxylation is 1. The van der Waals surface area contributed by atoms with Crippen LogP contribution < -0.4 is 10.6 Å². The molecular weight excluding hydrogens is 444 g/mol. The molecule has 1 atom stereocenters. The summed E-state index contributed by atoms with van der Waals surface area (Å²) >= 11 is 0. The zero-order chi connectivity index (χ0) is 24.5. The van der Waals surface area contributed by atoms with Gasteiger partial charge in [-0.25, -0.2) is 9.59 Å². The smallest absolute Gasteiger partial charge is 0.411 e. The molecule has 35 heavy (non-hydrogen) atoms. The van der Waals surface area contributed by atoms with E-state index in [0.717, 1.165) is 40.7 Å². The first-order valence-corrected chi connectivity index (χ1v) is 11.7. The molecule has 7 heteroatoms. The molecule has 0 radical (unpaired) electrons. The van der Waals surface area contributed by atoms with Crippen molar-refractivity contribution in [1.29, 1.82) is 0 Å². The summed E-state index contributed by atoms with van der Waals surface area (Å²) in [7, 11) is 0. The van der Waals surface area contributed by atoms with E-state index in [9.17, 15) is 19.5 Å². The molecule has 3 N–H and O–H groups in total. The normalized spacial score (nSPS) is 15.0. The van der Waals surface area contributed by atoms with Crippen molar-refractivity contribution in [2.75, 3.05) is 11.9 Å². The van der Waals surface area contributed by atoms with Gasteiger partial charge in [-0.1, -0.05) is 54.6 Å². The Morgan fingerprint density at radius 1 is 0.971 bits per heavy atom. The zero-order valence-corrected chi connectivity index (χ0v) is 19.3. The van der Waals surface area contributed by atoms with Gasteiger partial charge in [0.15, 0.2) is 0 Å². The predicted octanol–water partition coefficient (Wildman–Crippen LogP) is 4.95. The maximum Gasteiger partial charge on any atom is 0.411 e. The van der Waals surface area contributed by atoms with Crippen molar-refractivity contribution in [1.82, 2.24) is 5.32 Å². The first-order valence-electron chi connectivity index (χ1n) is 11.7. The number of rotatable bonds is 7. The summed E-state index contributed by atoms with van der Waals surface area (Å²) < 4.78 is 5.61. The van der Waals surface area contributed by atoms with Crippen LogP contribution in [0.3, 0.4) is 0 Å². The number of carbonyl (C=O) groups excluding carboxylic acids is 2. The number of hydrogen-bond acceptors (Lipinski definition) is 4. The van der Waals surface area contributed by atoms with Crippen molar-refractivity contribution < 1.29 is 24.2 Å². The van der Waals surface area contributed by atoms with Gasteiger partial charge in [0.2, 0.25) is 0 Å². The number of ether oxygens (including phenoxy) is 1. The minimum Gasteiger partial charge on any atom is -0.480 e. The van der Waals surface area contributed by atoms with Gasteiger partial charge in [0.1, 0.15) is 12.6 Å². The molecule has 0 aromatic heterocycles. The average Bonchev–Trinajstić information content (AvgIpc) is 3.64. The third-order valence-corrected chi connectivity index (χ3v) is 6.73. The number of carbonyl (C=O) groups is 3. The van der Waals surface area contributed by atoms with Crippen molar-refractivity contribution in [2.24, 2.45) is 5.92 Å². The van der Waals surface area contributed by atoms with Gasteiger partial charge in [0, 0.05) is 17.2 Å². The Bertz CT molecular complexity index is 1270. The van der Waals surface area contributed by atoms with Gasteiger partial charge in [-0.2, -0.15) is 0 Å². The molecule has 5 rings (SSSR count). The van der Waals surface area contributed by atoms with Crippen molar-refractivity contribution in [3.63, 3.8) is 0 Å². The minimum atomic E-state index is -1.04. The minimum absolute atomic E-state index is 0.0275. The number of nitrogens with one attached hydrogen (secondary N) is 2. The van der Waals surface area contributed by atoms with Gasteiger partial charge < -0.3 is 15.2 Å². The topological polar surface area (TPSA) is 105 Å². The molecule has 0 bridgehead atoms. The standard InChI is InChI=1S/C28H26N2O5/c1-16-10-11-18(26(31)30-25(27(32)33)17-12-13-17)14-24(16)29-28(34)35-15-23-21-8-4-2-6-19(21)20-7-3-5-9-22(20)23/h2-11,14,17,23,25H,12-13,15H2,1H3,(H,29,34)(H,30,31)(H,32,33). The number of amides is 2. The highest BCUT2D eigenvalue weighted by Crippen LogP contribution is 2.44. The summed E-state index contributed by atoms with van der Waals surface area (Å²) in [4.78, 5) is 36.8. The molecule has 3 aromatic carbocycles. The maximum absolute atomic E-state index is 12.7. The number of anilines is 1. The van der Waals surface area contributed by atoms with E-state index in [0.29, 0.717) is 5.69 Å². The largest absolute Gasteiger partial charge is 0.480 e. The molecule has 0 heterocycles. The molecule has 1 unspecified atom stereocenters. The Labute approximate surface area is 203 Å². The fraction of sp³-hybridized carbons (Fsp3) is 0.250. The van der Waals surface area contributed by atoms with Crippen LogP contribution >= 0.6 is 0 Å². The van der Waals surface area contributed by atoms with Gasteiger partial charge in [-0.15, -0.1) is 0 Å². The quantitative estimate of drug-likeness (QED) is 0.453. The third-order valence-electron chi connectivity index (χ3n) is 6.73. The van der Waals surface area contributed by atoms with E-state index >= 15 is 0 Å². The van der Waals surface area contributed by atoms with E-state index < -0.39 is 24.0 Å². The second kappa shape index (κ2) is 9.25. The second-order valence-electron chi connectivity index (χ2n) is 9.11. The van der Waals surface area contributed by atoms with E-state index in [1.807, 2.05) is 31.2 Å². The van der Waals surface area contributed by atoms with Crippen molar-refractivity contribution in [3.8, 4) is 11.1 Å². The van der Waals surface area contributed by atoms with E-state index in [1.165, 1.54) is 6.07 Å². The van der Waals surface area contributed by atoms with Crippen molar-refractivity contribution >= 4 is 23.7 Å². The molecule has 0 aliphatic heterocycles. The molecule has 3 aromatic rings. The molecule has 2 amide bonds.